The first-order chi connectivity index (χ1) is 8.69. The number of aliphatic hydroxyl groups is 2. The summed E-state index contributed by atoms with van der Waals surface area (Å²) in [6.45, 7) is 3.07. The summed E-state index contributed by atoms with van der Waals surface area (Å²) < 4.78 is 4.70. The van der Waals surface area contributed by atoms with E-state index in [9.17, 15) is 4.79 Å². The van der Waals surface area contributed by atoms with Gasteiger partial charge in [0.05, 0.1) is 20.3 Å². The van der Waals surface area contributed by atoms with Crippen LogP contribution in [-0.2, 0) is 9.53 Å². The maximum absolute atomic E-state index is 11.3. The third-order valence-corrected chi connectivity index (χ3v) is 3.26. The fourth-order valence-electron chi connectivity index (χ4n) is 2.51. The van der Waals surface area contributed by atoms with E-state index in [0.29, 0.717) is 19.5 Å². The molecule has 1 aliphatic heterocycles. The Labute approximate surface area is 108 Å². The zero-order chi connectivity index (χ0) is 13.4. The van der Waals surface area contributed by atoms with Crippen molar-refractivity contribution in [3.05, 3.63) is 0 Å². The van der Waals surface area contributed by atoms with E-state index in [1.807, 2.05) is 0 Å². The Morgan fingerprint density at radius 2 is 2.17 bits per heavy atom. The zero-order valence-electron chi connectivity index (χ0n) is 11.0. The van der Waals surface area contributed by atoms with Gasteiger partial charge in [-0.25, -0.2) is 0 Å². The molecule has 2 unspecified atom stereocenters. The number of nitrogens with one attached hydrogen (secondary N) is 1. The molecule has 18 heavy (non-hydrogen) atoms. The molecule has 1 heterocycles. The van der Waals surface area contributed by atoms with Crippen molar-refractivity contribution in [2.45, 2.75) is 18.9 Å². The van der Waals surface area contributed by atoms with Gasteiger partial charge >= 0.3 is 5.97 Å². The van der Waals surface area contributed by atoms with Crippen LogP contribution in [0, 0.1) is 5.92 Å². The fourth-order valence-corrected chi connectivity index (χ4v) is 2.51. The number of β-amino-alcohol motifs (C(OH)–C–C–N with tert-alkyl or cyclic N) is 1. The molecule has 0 amide bonds. The second-order valence-corrected chi connectivity index (χ2v) is 4.74. The molecule has 1 saturated heterocycles. The smallest absolute Gasteiger partial charge is 0.305 e. The van der Waals surface area contributed by atoms with Crippen molar-refractivity contribution < 1.29 is 19.7 Å². The van der Waals surface area contributed by atoms with Gasteiger partial charge in [0.1, 0.15) is 0 Å². The molecular weight excluding hydrogens is 236 g/mol. The van der Waals surface area contributed by atoms with Crippen LogP contribution in [0.1, 0.15) is 12.8 Å². The van der Waals surface area contributed by atoms with Gasteiger partial charge < -0.3 is 20.3 Å². The molecule has 106 valence electrons. The number of likely N-dealkylation sites (tertiary alicyclic amines) is 1. The average Bonchev–Trinajstić information content (AvgIpc) is 2.36. The molecule has 1 rings (SSSR count). The Kier molecular flexibility index (Phi) is 7.19. The van der Waals surface area contributed by atoms with Crippen LogP contribution in [0.15, 0.2) is 0 Å². The number of hydrogen-bond donors (Lipinski definition) is 3. The Balaban J connectivity index is 2.47. The van der Waals surface area contributed by atoms with Crippen LogP contribution in [0.25, 0.3) is 0 Å². The highest BCUT2D eigenvalue weighted by Crippen LogP contribution is 2.20. The monoisotopic (exact) mass is 260 g/mol. The summed E-state index contributed by atoms with van der Waals surface area (Å²) in [6.07, 6.45) is 1.31. The lowest BCUT2D eigenvalue weighted by atomic mass is 9.91. The van der Waals surface area contributed by atoms with E-state index >= 15 is 0 Å². The number of methoxy groups -OCH3 is 1. The van der Waals surface area contributed by atoms with Gasteiger partial charge in [-0.2, -0.15) is 0 Å². The molecule has 1 aliphatic rings. The van der Waals surface area contributed by atoms with Gasteiger partial charge in [0.25, 0.3) is 0 Å². The quantitative estimate of drug-likeness (QED) is 0.500. The molecule has 3 N–H and O–H groups in total. The highest BCUT2D eigenvalue weighted by atomic mass is 16.5. The molecule has 0 aromatic heterocycles. The standard InChI is InChI=1S/C12H24N2O4/c1-18-12(17)7-10-6-11(13-2-4-15)9-14(8-10)3-5-16/h10-11,13,15-16H,2-9H2,1H3. The van der Waals surface area contributed by atoms with Gasteiger partial charge in [0.2, 0.25) is 0 Å². The minimum atomic E-state index is -0.188. The minimum Gasteiger partial charge on any atom is -0.469 e. The van der Waals surface area contributed by atoms with E-state index in [1.54, 1.807) is 0 Å². The molecule has 2 atom stereocenters. The third-order valence-electron chi connectivity index (χ3n) is 3.26. The van der Waals surface area contributed by atoms with Crippen molar-refractivity contribution in [3.8, 4) is 0 Å². The van der Waals surface area contributed by atoms with Crippen molar-refractivity contribution in [3.63, 3.8) is 0 Å². The summed E-state index contributed by atoms with van der Waals surface area (Å²) in [5.74, 6) is 0.0562. The van der Waals surface area contributed by atoms with Gasteiger partial charge in [-0.3, -0.25) is 9.69 Å². The normalized spacial score (nSPS) is 25.1. The van der Waals surface area contributed by atoms with Gasteiger partial charge in [-0.05, 0) is 12.3 Å². The SMILES string of the molecule is COC(=O)CC1CC(NCCO)CN(CCO)C1. The summed E-state index contributed by atoms with van der Waals surface area (Å²) in [5, 5.41) is 21.1. The minimum absolute atomic E-state index is 0.109. The van der Waals surface area contributed by atoms with Gasteiger partial charge in [-0.15, -0.1) is 0 Å². The Morgan fingerprint density at radius 3 is 2.78 bits per heavy atom. The van der Waals surface area contributed by atoms with E-state index in [0.717, 1.165) is 19.5 Å². The predicted octanol–water partition coefficient (Wildman–Crippen LogP) is -1.19. The molecule has 0 spiro atoms. The van der Waals surface area contributed by atoms with Crippen LogP contribution in [-0.4, -0.2) is 73.6 Å². The van der Waals surface area contributed by atoms with Gasteiger partial charge in [0, 0.05) is 38.6 Å². The summed E-state index contributed by atoms with van der Waals surface area (Å²) in [7, 11) is 1.40. The van der Waals surface area contributed by atoms with E-state index < -0.39 is 0 Å². The molecule has 6 nitrogen and oxygen atoms in total. The molecule has 0 aromatic rings. The number of piperidine rings is 1. The first-order valence-electron chi connectivity index (χ1n) is 6.43. The number of aliphatic hydroxyl groups excluding tert-OH is 2. The lowest BCUT2D eigenvalue weighted by Gasteiger charge is -2.37. The maximum atomic E-state index is 11.3. The van der Waals surface area contributed by atoms with Gasteiger partial charge in [0.15, 0.2) is 0 Å². The first kappa shape index (κ1) is 15.4. The number of hydrogen-bond acceptors (Lipinski definition) is 6. The Hall–Kier alpha value is -0.690. The number of carbonyl (C=O) groups is 1. The van der Waals surface area contributed by atoms with E-state index in [4.69, 9.17) is 14.9 Å². The topological polar surface area (TPSA) is 82.0 Å². The van der Waals surface area contributed by atoms with Crippen LogP contribution in [0.2, 0.25) is 0 Å². The van der Waals surface area contributed by atoms with Crippen LogP contribution in [0.4, 0.5) is 0 Å². The van der Waals surface area contributed by atoms with E-state index in [2.05, 4.69) is 10.2 Å². The van der Waals surface area contributed by atoms with Crippen LogP contribution < -0.4 is 5.32 Å². The molecule has 0 aliphatic carbocycles. The van der Waals surface area contributed by atoms with E-state index in [-0.39, 0.29) is 31.1 Å². The average molecular weight is 260 g/mol. The second-order valence-electron chi connectivity index (χ2n) is 4.74. The van der Waals surface area contributed by atoms with Crippen molar-refractivity contribution in [1.29, 1.82) is 0 Å². The van der Waals surface area contributed by atoms with Crippen molar-refractivity contribution in [1.82, 2.24) is 10.2 Å². The third kappa shape index (κ3) is 5.30. The molecule has 0 saturated carbocycles. The zero-order valence-corrected chi connectivity index (χ0v) is 11.0. The lowest BCUT2D eigenvalue weighted by molar-refractivity contribution is -0.142. The fraction of sp³-hybridized carbons (Fsp3) is 0.917. The second kappa shape index (κ2) is 8.42. The van der Waals surface area contributed by atoms with Gasteiger partial charge in [-0.1, -0.05) is 0 Å². The van der Waals surface area contributed by atoms with Crippen LogP contribution in [0.3, 0.4) is 0 Å². The molecule has 0 radical (unpaired) electrons. The number of nitrogens with zero attached hydrogens (tertiary/aromatic N) is 1. The number of rotatable bonds is 7. The largest absolute Gasteiger partial charge is 0.469 e. The summed E-state index contributed by atoms with van der Waals surface area (Å²) in [6, 6.07) is 0.257. The number of ether oxygens (including phenoxy) is 1. The van der Waals surface area contributed by atoms with Crippen molar-refractivity contribution in [2.24, 2.45) is 5.92 Å². The molecule has 0 aromatic carbocycles. The first-order valence-corrected chi connectivity index (χ1v) is 6.43. The molecule has 6 heteroatoms. The molecular formula is C12H24N2O4. The highest BCUT2D eigenvalue weighted by molar-refractivity contribution is 5.69. The number of carbonyl (C=O) groups excluding carboxylic acids is 1. The Morgan fingerprint density at radius 1 is 1.39 bits per heavy atom. The maximum Gasteiger partial charge on any atom is 0.305 e. The van der Waals surface area contributed by atoms with Crippen molar-refractivity contribution >= 4 is 5.97 Å². The number of esters is 1. The van der Waals surface area contributed by atoms with Crippen LogP contribution >= 0.6 is 0 Å². The molecule has 0 bridgehead atoms. The molecule has 1 fully saturated rings. The summed E-state index contributed by atoms with van der Waals surface area (Å²) in [5.41, 5.74) is 0. The van der Waals surface area contributed by atoms with E-state index in [1.165, 1.54) is 7.11 Å². The predicted molar refractivity (Wildman–Crippen MR) is 67.1 cm³/mol. The summed E-state index contributed by atoms with van der Waals surface area (Å²) in [4.78, 5) is 13.5. The lowest BCUT2D eigenvalue weighted by Crippen LogP contribution is -2.50. The Bertz CT molecular complexity index is 250. The van der Waals surface area contributed by atoms with Crippen molar-refractivity contribution in [2.75, 3.05) is 46.5 Å². The highest BCUT2D eigenvalue weighted by Gasteiger charge is 2.28. The summed E-state index contributed by atoms with van der Waals surface area (Å²) >= 11 is 0. The van der Waals surface area contributed by atoms with Crippen LogP contribution in [0.5, 0.6) is 0 Å².